The van der Waals surface area contributed by atoms with Crippen LogP contribution < -0.4 is 11.3 Å². The lowest BCUT2D eigenvalue weighted by atomic mass is 9.96. The third-order valence-electron chi connectivity index (χ3n) is 3.19. The number of Topliss-reactive ketones (excluding diaryl/α,β-unsaturated/α-hetero) is 1. The van der Waals surface area contributed by atoms with Crippen LogP contribution in [0.4, 0.5) is 5.69 Å². The van der Waals surface area contributed by atoms with Gasteiger partial charge in [0.05, 0.1) is 24.5 Å². The van der Waals surface area contributed by atoms with E-state index in [1.807, 2.05) is 0 Å². The molecule has 0 fully saturated rings. The monoisotopic (exact) mass is 472 g/mol. The number of nitrogen functional groups attached to an aromatic ring is 1. The summed E-state index contributed by atoms with van der Waals surface area (Å²) in [6.45, 7) is 0.411. The van der Waals surface area contributed by atoms with Crippen LogP contribution in [-0.2, 0) is 40.6 Å². The van der Waals surface area contributed by atoms with Crippen LogP contribution in [0.15, 0.2) is 12.1 Å². The molecule has 1 aromatic carbocycles. The van der Waals surface area contributed by atoms with Gasteiger partial charge < -0.3 is 30.1 Å². The molecule has 1 rings (SSSR count). The third-order valence-corrected chi connectivity index (χ3v) is 4.23. The van der Waals surface area contributed by atoms with Crippen molar-refractivity contribution >= 4 is 39.4 Å². The fourth-order valence-electron chi connectivity index (χ4n) is 2.09. The summed E-state index contributed by atoms with van der Waals surface area (Å²) in [6, 6.07) is 2.62. The van der Waals surface area contributed by atoms with Crippen molar-refractivity contribution in [2.45, 2.75) is 19.8 Å². The highest BCUT2D eigenvalue weighted by Gasteiger charge is 2.20. The average Bonchev–Trinajstić information content (AvgIpc) is 2.60. The lowest BCUT2D eigenvalue weighted by Crippen LogP contribution is -2.17. The van der Waals surface area contributed by atoms with E-state index in [1.54, 1.807) is 0 Å². The number of hydrogen-bond acceptors (Lipinski definition) is 9. The summed E-state index contributed by atoms with van der Waals surface area (Å²) in [6.07, 6.45) is 0.155. The van der Waals surface area contributed by atoms with Crippen molar-refractivity contribution in [3.63, 3.8) is 0 Å². The number of phosphoric ester groups is 2. The summed E-state index contributed by atoms with van der Waals surface area (Å²) >= 11 is 0. The second kappa shape index (κ2) is 12.6. The molecule has 0 spiro atoms. The number of aldehydes is 1. The van der Waals surface area contributed by atoms with Gasteiger partial charge in [0.1, 0.15) is 0 Å². The van der Waals surface area contributed by atoms with Gasteiger partial charge in [0.2, 0.25) is 0 Å². The van der Waals surface area contributed by atoms with E-state index in [1.165, 1.54) is 19.1 Å². The number of benzene rings is 1. The van der Waals surface area contributed by atoms with Gasteiger partial charge in [0.25, 0.3) is 0 Å². The number of anilines is 1. The zero-order valence-electron chi connectivity index (χ0n) is 15.6. The van der Waals surface area contributed by atoms with Crippen LogP contribution in [0, 0.1) is 0 Å². The quantitative estimate of drug-likeness (QED) is 0.0722. The number of carboxylic acids is 1. The van der Waals surface area contributed by atoms with Crippen LogP contribution in [0.1, 0.15) is 28.4 Å². The Morgan fingerprint density at radius 3 is 1.90 bits per heavy atom. The Morgan fingerprint density at radius 1 is 1.07 bits per heavy atom. The highest BCUT2D eigenvalue weighted by molar-refractivity contribution is 7.46. The van der Waals surface area contributed by atoms with E-state index < -0.39 is 34.0 Å². The number of ketones is 1. The van der Waals surface area contributed by atoms with Gasteiger partial charge in [-0.15, -0.1) is 0 Å². The molecule has 0 bridgehead atoms. The van der Waals surface area contributed by atoms with Crippen LogP contribution in [0.25, 0.3) is 0 Å². The fourth-order valence-corrected chi connectivity index (χ4v) is 2.75. The molecule has 0 radical (unpaired) electrons. The minimum Gasteiger partial charge on any atom is -0.478 e. The van der Waals surface area contributed by atoms with Crippen molar-refractivity contribution < 1.29 is 57.2 Å². The van der Waals surface area contributed by atoms with Gasteiger partial charge in [-0.05, 0) is 30.0 Å². The molecule has 30 heavy (non-hydrogen) atoms. The summed E-state index contributed by atoms with van der Waals surface area (Å²) in [5.41, 5.74) is 2.71. The van der Waals surface area contributed by atoms with Gasteiger partial charge in [0.15, 0.2) is 12.1 Å². The molecule has 1 aromatic rings. The van der Waals surface area contributed by atoms with Crippen molar-refractivity contribution in [2.75, 3.05) is 18.6 Å². The maximum atomic E-state index is 11.2. The van der Waals surface area contributed by atoms with Crippen molar-refractivity contribution in [1.29, 1.82) is 0 Å². The lowest BCUT2D eigenvalue weighted by Gasteiger charge is -2.17. The van der Waals surface area contributed by atoms with Gasteiger partial charge in [0, 0.05) is 6.92 Å². The molecule has 0 aromatic heterocycles. The SMILES string of the molecule is CC(=O)C=O.NNc1c(C(=O)O)ccc(CCOP(=O)(O)O)c1CCOP(=O)(O)O. The highest BCUT2D eigenvalue weighted by Crippen LogP contribution is 2.37. The van der Waals surface area contributed by atoms with E-state index in [0.29, 0.717) is 5.56 Å². The van der Waals surface area contributed by atoms with E-state index in [9.17, 15) is 23.8 Å². The van der Waals surface area contributed by atoms with Crippen LogP contribution in [0.2, 0.25) is 0 Å². The van der Waals surface area contributed by atoms with E-state index in [2.05, 4.69) is 14.5 Å². The highest BCUT2D eigenvalue weighted by atomic mass is 31.2. The number of hydrazine groups is 1. The molecular weight excluding hydrogens is 450 g/mol. The van der Waals surface area contributed by atoms with E-state index >= 15 is 0 Å². The first-order valence-electron chi connectivity index (χ1n) is 7.92. The third kappa shape index (κ3) is 11.9. The molecule has 8 N–H and O–H groups in total. The molecule has 0 heterocycles. The average molecular weight is 472 g/mol. The Labute approximate surface area is 170 Å². The molecule has 0 aliphatic rings. The summed E-state index contributed by atoms with van der Waals surface area (Å²) < 4.78 is 30.1. The van der Waals surface area contributed by atoms with Crippen LogP contribution in [0.3, 0.4) is 0 Å². The van der Waals surface area contributed by atoms with Gasteiger partial charge >= 0.3 is 21.6 Å². The number of nitrogens with one attached hydrogen (secondary N) is 1. The Balaban J connectivity index is 0.00000150. The van der Waals surface area contributed by atoms with E-state index in [0.717, 1.165) is 0 Å². The molecule has 0 aliphatic carbocycles. The molecule has 16 heteroatoms. The molecule has 14 nitrogen and oxygen atoms in total. The van der Waals surface area contributed by atoms with Gasteiger partial charge in [-0.2, -0.15) is 0 Å². The largest absolute Gasteiger partial charge is 0.478 e. The predicted octanol–water partition coefficient (Wildman–Crippen LogP) is -0.252. The number of phosphoric acid groups is 2. The zero-order chi connectivity index (χ0) is 23.5. The molecule has 0 aliphatic heterocycles. The van der Waals surface area contributed by atoms with Crippen molar-refractivity contribution in [3.05, 3.63) is 28.8 Å². The number of nitrogens with two attached hydrogens (primary N) is 1. The molecule has 0 saturated carbocycles. The second-order valence-electron chi connectivity index (χ2n) is 5.45. The lowest BCUT2D eigenvalue weighted by molar-refractivity contribution is -0.128. The van der Waals surface area contributed by atoms with E-state index in [4.69, 9.17) is 30.2 Å². The molecule has 0 atom stereocenters. The van der Waals surface area contributed by atoms with Crippen molar-refractivity contribution in [3.8, 4) is 0 Å². The second-order valence-corrected chi connectivity index (χ2v) is 7.93. The summed E-state index contributed by atoms with van der Waals surface area (Å²) in [4.78, 5) is 64.6. The summed E-state index contributed by atoms with van der Waals surface area (Å²) in [5.74, 6) is 3.64. The minimum atomic E-state index is -4.71. The van der Waals surface area contributed by atoms with Crippen LogP contribution in [-0.4, -0.2) is 55.9 Å². The van der Waals surface area contributed by atoms with Crippen molar-refractivity contribution in [2.24, 2.45) is 5.84 Å². The van der Waals surface area contributed by atoms with Crippen LogP contribution >= 0.6 is 15.6 Å². The molecule has 170 valence electrons. The number of carboxylic acid groups (broad SMARTS) is 1. The van der Waals surface area contributed by atoms with Gasteiger partial charge in [-0.1, -0.05) is 6.07 Å². The molecular formula is C14H22N2O12P2. The standard InChI is InChI=1S/C11H18N2O10P2.C3H4O2/c12-13-10-8(4-6-23-25(19,20)21)7(1-2-9(10)11(14)15)3-5-22-24(16,17)18;1-3(5)2-4/h1-2,13H,3-6,12H2,(H,14,15)(H2,16,17,18)(H2,19,20,21);2H,1H3. The fraction of sp³-hybridized carbons (Fsp3) is 0.357. The Morgan fingerprint density at radius 2 is 1.53 bits per heavy atom. The minimum absolute atomic E-state index is 0.00417. The molecule has 0 amide bonds. The maximum absolute atomic E-state index is 11.2. The molecule has 0 saturated heterocycles. The van der Waals surface area contributed by atoms with Gasteiger partial charge in [-0.25, -0.2) is 13.9 Å². The first kappa shape index (κ1) is 28.0. The Hall–Kier alpha value is -1.99. The van der Waals surface area contributed by atoms with Gasteiger partial charge in [-0.3, -0.25) is 24.5 Å². The summed E-state index contributed by atoms with van der Waals surface area (Å²) in [5, 5.41) is 9.17. The predicted molar refractivity (Wildman–Crippen MR) is 101 cm³/mol. The van der Waals surface area contributed by atoms with Crippen LogP contribution in [0.5, 0.6) is 0 Å². The first-order chi connectivity index (χ1) is 13.7. The smallest absolute Gasteiger partial charge is 0.469 e. The van der Waals surface area contributed by atoms with Crippen molar-refractivity contribution in [1.82, 2.24) is 0 Å². The Bertz CT molecular complexity index is 848. The normalized spacial score (nSPS) is 11.3. The summed E-state index contributed by atoms with van der Waals surface area (Å²) in [7, 11) is -9.38. The number of carbonyl (C=O) groups is 3. The number of hydrogen-bond donors (Lipinski definition) is 7. The molecule has 0 unspecified atom stereocenters. The maximum Gasteiger partial charge on any atom is 0.469 e. The Kier molecular flexibility index (Phi) is 11.8. The topological polar surface area (TPSA) is 243 Å². The number of aromatic carboxylic acids is 1. The van der Waals surface area contributed by atoms with E-state index in [-0.39, 0.29) is 42.5 Å². The zero-order valence-corrected chi connectivity index (χ0v) is 17.4. The first-order valence-corrected chi connectivity index (χ1v) is 11.0. The number of carbonyl (C=O) groups excluding carboxylic acids is 2. The number of rotatable bonds is 11.